The molecule has 0 fully saturated rings. The van der Waals surface area contributed by atoms with Crippen LogP contribution in [0.15, 0.2) is 30.3 Å². The predicted molar refractivity (Wildman–Crippen MR) is 66.3 cm³/mol. The van der Waals surface area contributed by atoms with Crippen molar-refractivity contribution in [1.82, 2.24) is 10.7 Å². The molecule has 1 atom stereocenters. The zero-order valence-corrected chi connectivity index (χ0v) is 10.2. The van der Waals surface area contributed by atoms with Gasteiger partial charge in [0, 0.05) is 0 Å². The lowest BCUT2D eigenvalue weighted by molar-refractivity contribution is -0.121. The number of alkyl carbamates (subject to hydrolysis) is 1. The van der Waals surface area contributed by atoms with Crippen molar-refractivity contribution >= 4 is 12.0 Å². The first-order valence-electron chi connectivity index (χ1n) is 5.65. The number of carbonyl (C=O) groups is 2. The monoisotopic (exact) mass is 251 g/mol. The molecule has 1 aromatic rings. The van der Waals surface area contributed by atoms with Crippen LogP contribution in [0.2, 0.25) is 0 Å². The molecule has 0 aromatic heterocycles. The lowest BCUT2D eigenvalue weighted by atomic mass is 10.0. The minimum Gasteiger partial charge on any atom is -0.450 e. The maximum Gasteiger partial charge on any atom is 0.407 e. The van der Waals surface area contributed by atoms with Gasteiger partial charge in [0.25, 0.3) is 0 Å². The van der Waals surface area contributed by atoms with E-state index in [-0.39, 0.29) is 18.9 Å². The molecule has 0 aliphatic heterocycles. The van der Waals surface area contributed by atoms with Crippen LogP contribution in [0.3, 0.4) is 0 Å². The Kier molecular flexibility index (Phi) is 5.66. The highest BCUT2D eigenvalue weighted by molar-refractivity contribution is 5.77. The molecule has 6 nitrogen and oxygen atoms in total. The fourth-order valence-corrected chi connectivity index (χ4v) is 1.50. The Morgan fingerprint density at radius 3 is 2.56 bits per heavy atom. The Morgan fingerprint density at radius 1 is 1.33 bits per heavy atom. The third kappa shape index (κ3) is 4.42. The van der Waals surface area contributed by atoms with E-state index in [2.05, 4.69) is 5.32 Å². The zero-order chi connectivity index (χ0) is 13.4. The van der Waals surface area contributed by atoms with Crippen molar-refractivity contribution in [2.24, 2.45) is 5.84 Å². The summed E-state index contributed by atoms with van der Waals surface area (Å²) in [6.07, 6.45) is -0.504. The Hall–Kier alpha value is -2.08. The van der Waals surface area contributed by atoms with Gasteiger partial charge in [-0.25, -0.2) is 10.6 Å². The number of amides is 2. The summed E-state index contributed by atoms with van der Waals surface area (Å²) in [7, 11) is 0. The molecule has 0 unspecified atom stereocenters. The molecule has 0 aliphatic rings. The van der Waals surface area contributed by atoms with E-state index in [4.69, 9.17) is 10.6 Å². The van der Waals surface area contributed by atoms with E-state index in [0.717, 1.165) is 5.56 Å². The Bertz CT molecular complexity index is 395. The summed E-state index contributed by atoms with van der Waals surface area (Å²) in [5.41, 5.74) is 2.85. The van der Waals surface area contributed by atoms with Crippen LogP contribution >= 0.6 is 0 Å². The molecule has 4 N–H and O–H groups in total. The van der Waals surface area contributed by atoms with Crippen molar-refractivity contribution in [2.75, 3.05) is 6.61 Å². The van der Waals surface area contributed by atoms with Gasteiger partial charge >= 0.3 is 6.09 Å². The largest absolute Gasteiger partial charge is 0.450 e. The van der Waals surface area contributed by atoms with E-state index < -0.39 is 12.1 Å². The van der Waals surface area contributed by atoms with Gasteiger partial charge in [-0.15, -0.1) is 0 Å². The van der Waals surface area contributed by atoms with Gasteiger partial charge in [0.05, 0.1) is 19.1 Å². The van der Waals surface area contributed by atoms with Crippen LogP contribution in [0, 0.1) is 0 Å². The van der Waals surface area contributed by atoms with Gasteiger partial charge in [0.1, 0.15) is 0 Å². The van der Waals surface area contributed by atoms with Crippen molar-refractivity contribution in [3.8, 4) is 0 Å². The fraction of sp³-hybridized carbons (Fsp3) is 0.333. The average molecular weight is 251 g/mol. The van der Waals surface area contributed by atoms with Gasteiger partial charge in [0.15, 0.2) is 0 Å². The third-order valence-electron chi connectivity index (χ3n) is 2.32. The zero-order valence-electron chi connectivity index (χ0n) is 10.2. The molecule has 18 heavy (non-hydrogen) atoms. The molecule has 0 saturated carbocycles. The number of benzene rings is 1. The van der Waals surface area contributed by atoms with Crippen LogP contribution in [0.25, 0.3) is 0 Å². The first kappa shape index (κ1) is 14.0. The minimum atomic E-state index is -0.559. The molecular formula is C12H17N3O3. The molecule has 0 spiro atoms. The molecule has 6 heteroatoms. The second-order valence-electron chi connectivity index (χ2n) is 3.60. The van der Waals surface area contributed by atoms with E-state index in [1.54, 1.807) is 6.92 Å². The molecule has 2 amide bonds. The van der Waals surface area contributed by atoms with Gasteiger partial charge in [-0.1, -0.05) is 30.3 Å². The third-order valence-corrected chi connectivity index (χ3v) is 2.32. The number of ether oxygens (including phenoxy) is 1. The molecule has 0 bridgehead atoms. The van der Waals surface area contributed by atoms with Gasteiger partial charge in [-0.2, -0.15) is 0 Å². The van der Waals surface area contributed by atoms with Crippen molar-refractivity contribution in [1.29, 1.82) is 0 Å². The fourth-order valence-electron chi connectivity index (χ4n) is 1.50. The van der Waals surface area contributed by atoms with Gasteiger partial charge in [-0.3, -0.25) is 10.2 Å². The maximum atomic E-state index is 11.4. The number of nitrogens with two attached hydrogens (primary N) is 1. The SMILES string of the molecule is CCOC(=O)N[C@H](CC(=O)NN)c1ccccc1. The maximum absolute atomic E-state index is 11.4. The molecule has 0 saturated heterocycles. The highest BCUT2D eigenvalue weighted by atomic mass is 16.5. The number of hydrogen-bond acceptors (Lipinski definition) is 4. The first-order valence-corrected chi connectivity index (χ1v) is 5.65. The van der Waals surface area contributed by atoms with Crippen LogP contribution in [0.4, 0.5) is 4.79 Å². The minimum absolute atomic E-state index is 0.0549. The van der Waals surface area contributed by atoms with Gasteiger partial charge in [-0.05, 0) is 12.5 Å². The van der Waals surface area contributed by atoms with E-state index in [0.29, 0.717) is 0 Å². The van der Waals surface area contributed by atoms with Gasteiger partial charge < -0.3 is 10.1 Å². The first-order chi connectivity index (χ1) is 8.67. The summed E-state index contributed by atoms with van der Waals surface area (Å²) in [4.78, 5) is 22.7. The average Bonchev–Trinajstić information content (AvgIpc) is 2.39. The highest BCUT2D eigenvalue weighted by Crippen LogP contribution is 2.16. The predicted octanol–water partition coefficient (Wildman–Crippen LogP) is 0.854. The van der Waals surface area contributed by atoms with Crippen LogP contribution < -0.4 is 16.6 Å². The topological polar surface area (TPSA) is 93.4 Å². The van der Waals surface area contributed by atoms with Crippen LogP contribution in [0.1, 0.15) is 24.9 Å². The van der Waals surface area contributed by atoms with Crippen molar-refractivity contribution in [3.63, 3.8) is 0 Å². The number of hydrogen-bond donors (Lipinski definition) is 3. The summed E-state index contributed by atoms with van der Waals surface area (Å²) in [6, 6.07) is 8.69. The molecule has 0 heterocycles. The number of rotatable bonds is 5. The van der Waals surface area contributed by atoms with Crippen LogP contribution in [-0.4, -0.2) is 18.6 Å². The summed E-state index contributed by atoms with van der Waals surface area (Å²) < 4.78 is 4.80. The smallest absolute Gasteiger partial charge is 0.407 e. The number of hydrazine groups is 1. The van der Waals surface area contributed by atoms with E-state index in [1.165, 1.54) is 0 Å². The second-order valence-corrected chi connectivity index (χ2v) is 3.60. The van der Waals surface area contributed by atoms with Crippen molar-refractivity contribution < 1.29 is 14.3 Å². The normalized spacial score (nSPS) is 11.4. The molecule has 98 valence electrons. The quantitative estimate of drug-likeness (QED) is 0.411. The summed E-state index contributed by atoms with van der Waals surface area (Å²) in [5, 5.41) is 2.62. The summed E-state index contributed by atoms with van der Waals surface area (Å²) in [6.45, 7) is 1.99. The van der Waals surface area contributed by atoms with Crippen LogP contribution in [-0.2, 0) is 9.53 Å². The van der Waals surface area contributed by atoms with Gasteiger partial charge in [0.2, 0.25) is 5.91 Å². The highest BCUT2D eigenvalue weighted by Gasteiger charge is 2.18. The van der Waals surface area contributed by atoms with Crippen LogP contribution in [0.5, 0.6) is 0 Å². The lowest BCUT2D eigenvalue weighted by Gasteiger charge is -2.17. The van der Waals surface area contributed by atoms with E-state index in [1.807, 2.05) is 35.8 Å². The second kappa shape index (κ2) is 7.29. The summed E-state index contributed by atoms with van der Waals surface area (Å²) in [5.74, 6) is 4.68. The molecule has 1 rings (SSSR count). The molecule has 0 radical (unpaired) electrons. The number of carbonyl (C=O) groups excluding carboxylic acids is 2. The Balaban J connectivity index is 2.75. The van der Waals surface area contributed by atoms with Crippen molar-refractivity contribution in [2.45, 2.75) is 19.4 Å². The standard InChI is InChI=1S/C12H17N3O3/c1-2-18-12(17)14-10(8-11(16)15-13)9-6-4-3-5-7-9/h3-7,10H,2,8,13H2,1H3,(H,14,17)(H,15,16)/t10-/m1/s1. The Morgan fingerprint density at radius 2 is 2.00 bits per heavy atom. The Labute approximate surface area is 105 Å². The summed E-state index contributed by atoms with van der Waals surface area (Å²) >= 11 is 0. The number of nitrogens with one attached hydrogen (secondary N) is 2. The van der Waals surface area contributed by atoms with E-state index in [9.17, 15) is 9.59 Å². The molecular weight excluding hydrogens is 234 g/mol. The molecule has 1 aromatic carbocycles. The molecule has 0 aliphatic carbocycles. The lowest BCUT2D eigenvalue weighted by Crippen LogP contribution is -2.36. The van der Waals surface area contributed by atoms with Crippen molar-refractivity contribution in [3.05, 3.63) is 35.9 Å². The van der Waals surface area contributed by atoms with E-state index >= 15 is 0 Å².